The predicted octanol–water partition coefficient (Wildman–Crippen LogP) is 5.32. The first-order valence-corrected chi connectivity index (χ1v) is 9.56. The standard InChI is InChI=1S/C18H19Cl2N3OS/c1-8-11(4)25-18-15(8)17(24)22-16(23-18)10(3)21-9(2)13-6-5-12(19)7-14(13)20/h5-7,9-10,21H,1-4H3,(H,22,23,24). The minimum Gasteiger partial charge on any atom is -0.309 e. The molecule has 2 N–H and O–H groups in total. The Kier molecular flexibility index (Phi) is 5.21. The summed E-state index contributed by atoms with van der Waals surface area (Å²) >= 11 is 13.8. The van der Waals surface area contributed by atoms with E-state index in [1.807, 2.05) is 39.8 Å². The molecule has 0 aliphatic carbocycles. The third kappa shape index (κ3) is 3.60. The molecule has 0 fully saturated rings. The van der Waals surface area contributed by atoms with Crippen LogP contribution in [0.4, 0.5) is 0 Å². The van der Waals surface area contributed by atoms with Gasteiger partial charge in [0.05, 0.1) is 11.4 Å². The van der Waals surface area contributed by atoms with E-state index in [0.29, 0.717) is 21.3 Å². The summed E-state index contributed by atoms with van der Waals surface area (Å²) in [6.45, 7) is 7.95. The number of hydrogen-bond acceptors (Lipinski definition) is 4. The predicted molar refractivity (Wildman–Crippen MR) is 106 cm³/mol. The normalized spacial score (nSPS) is 14.0. The monoisotopic (exact) mass is 395 g/mol. The van der Waals surface area contributed by atoms with Gasteiger partial charge in [0.2, 0.25) is 0 Å². The van der Waals surface area contributed by atoms with Crippen molar-refractivity contribution in [2.24, 2.45) is 0 Å². The highest BCUT2D eigenvalue weighted by molar-refractivity contribution is 7.18. The zero-order chi connectivity index (χ0) is 18.3. The molecule has 2 aromatic heterocycles. The number of nitrogens with zero attached hydrogens (tertiary/aromatic N) is 1. The number of aromatic amines is 1. The van der Waals surface area contributed by atoms with Gasteiger partial charge in [-0.15, -0.1) is 11.3 Å². The molecule has 2 heterocycles. The Hall–Kier alpha value is -1.40. The van der Waals surface area contributed by atoms with Crippen LogP contribution in [0, 0.1) is 13.8 Å². The van der Waals surface area contributed by atoms with Crippen molar-refractivity contribution < 1.29 is 0 Å². The van der Waals surface area contributed by atoms with Gasteiger partial charge in [-0.1, -0.05) is 29.3 Å². The molecule has 0 radical (unpaired) electrons. The van der Waals surface area contributed by atoms with E-state index in [0.717, 1.165) is 20.8 Å². The number of aryl methyl sites for hydroxylation is 2. The van der Waals surface area contributed by atoms with Crippen LogP contribution < -0.4 is 10.9 Å². The Morgan fingerprint density at radius 3 is 2.60 bits per heavy atom. The molecule has 0 saturated heterocycles. The van der Waals surface area contributed by atoms with Gasteiger partial charge in [-0.05, 0) is 51.0 Å². The summed E-state index contributed by atoms with van der Waals surface area (Å²) in [5.74, 6) is 0.621. The molecule has 0 saturated carbocycles. The van der Waals surface area contributed by atoms with Gasteiger partial charge in [0.15, 0.2) is 0 Å². The van der Waals surface area contributed by atoms with Crippen molar-refractivity contribution in [1.29, 1.82) is 0 Å². The van der Waals surface area contributed by atoms with Crippen molar-refractivity contribution in [1.82, 2.24) is 15.3 Å². The number of nitrogens with one attached hydrogen (secondary N) is 2. The molecule has 3 aromatic rings. The van der Waals surface area contributed by atoms with E-state index in [2.05, 4.69) is 15.3 Å². The lowest BCUT2D eigenvalue weighted by atomic mass is 10.1. The van der Waals surface area contributed by atoms with E-state index < -0.39 is 0 Å². The smallest absolute Gasteiger partial charge is 0.259 e. The molecule has 0 aliphatic rings. The van der Waals surface area contributed by atoms with Crippen molar-refractivity contribution in [2.45, 2.75) is 39.8 Å². The Morgan fingerprint density at radius 1 is 1.20 bits per heavy atom. The van der Waals surface area contributed by atoms with Gasteiger partial charge < -0.3 is 10.3 Å². The van der Waals surface area contributed by atoms with Gasteiger partial charge in [-0.25, -0.2) is 4.98 Å². The first kappa shape index (κ1) is 18.4. The third-order valence-electron chi connectivity index (χ3n) is 4.40. The second kappa shape index (κ2) is 7.08. The van der Waals surface area contributed by atoms with Crippen molar-refractivity contribution in [3.8, 4) is 0 Å². The van der Waals surface area contributed by atoms with Crippen LogP contribution in [-0.2, 0) is 0 Å². The summed E-state index contributed by atoms with van der Waals surface area (Å²) in [7, 11) is 0. The second-order valence-electron chi connectivity index (χ2n) is 6.19. The molecule has 2 atom stereocenters. The minimum absolute atomic E-state index is 0.0208. The van der Waals surface area contributed by atoms with Crippen molar-refractivity contribution in [3.63, 3.8) is 0 Å². The lowest BCUT2D eigenvalue weighted by Crippen LogP contribution is -2.26. The van der Waals surface area contributed by atoms with Gasteiger partial charge in [0.25, 0.3) is 5.56 Å². The van der Waals surface area contributed by atoms with Crippen LogP contribution in [0.15, 0.2) is 23.0 Å². The summed E-state index contributed by atoms with van der Waals surface area (Å²) in [5.41, 5.74) is 1.86. The summed E-state index contributed by atoms with van der Waals surface area (Å²) in [4.78, 5) is 21.9. The Labute approximate surface area is 160 Å². The largest absolute Gasteiger partial charge is 0.309 e. The molecule has 7 heteroatoms. The summed E-state index contributed by atoms with van der Waals surface area (Å²) in [5, 5.41) is 5.34. The highest BCUT2D eigenvalue weighted by Gasteiger charge is 2.18. The molecule has 0 aliphatic heterocycles. The molecule has 0 spiro atoms. The summed E-state index contributed by atoms with van der Waals surface area (Å²) < 4.78 is 0. The van der Waals surface area contributed by atoms with E-state index in [1.54, 1.807) is 17.4 Å². The highest BCUT2D eigenvalue weighted by Crippen LogP contribution is 2.29. The molecular weight excluding hydrogens is 377 g/mol. The lowest BCUT2D eigenvalue weighted by molar-refractivity contribution is 0.477. The van der Waals surface area contributed by atoms with Gasteiger partial charge in [-0.2, -0.15) is 0 Å². The van der Waals surface area contributed by atoms with E-state index >= 15 is 0 Å². The third-order valence-corrected chi connectivity index (χ3v) is 6.06. The maximum absolute atomic E-state index is 12.4. The van der Waals surface area contributed by atoms with Crippen LogP contribution in [0.5, 0.6) is 0 Å². The molecule has 2 unspecified atom stereocenters. The van der Waals surface area contributed by atoms with Crippen LogP contribution >= 0.6 is 34.5 Å². The number of H-pyrrole nitrogens is 1. The molecule has 0 amide bonds. The van der Waals surface area contributed by atoms with Gasteiger partial charge in [-0.3, -0.25) is 4.79 Å². The quantitative estimate of drug-likeness (QED) is 0.628. The number of rotatable bonds is 4. The molecular formula is C18H19Cl2N3OS. The topological polar surface area (TPSA) is 57.8 Å². The molecule has 0 bridgehead atoms. The van der Waals surface area contributed by atoms with Crippen LogP contribution in [-0.4, -0.2) is 9.97 Å². The Morgan fingerprint density at radius 2 is 1.92 bits per heavy atom. The summed E-state index contributed by atoms with van der Waals surface area (Å²) in [6, 6.07) is 5.29. The molecule has 25 heavy (non-hydrogen) atoms. The fourth-order valence-corrected chi connectivity index (χ4v) is 4.48. The van der Waals surface area contributed by atoms with Gasteiger partial charge in [0, 0.05) is 21.0 Å². The summed E-state index contributed by atoms with van der Waals surface area (Å²) in [6.07, 6.45) is 0. The Bertz CT molecular complexity index is 996. The molecule has 4 nitrogen and oxygen atoms in total. The fourth-order valence-electron chi connectivity index (χ4n) is 2.87. The van der Waals surface area contributed by atoms with E-state index in [1.165, 1.54) is 0 Å². The zero-order valence-electron chi connectivity index (χ0n) is 14.4. The zero-order valence-corrected chi connectivity index (χ0v) is 16.7. The number of benzene rings is 1. The average molecular weight is 396 g/mol. The van der Waals surface area contributed by atoms with Crippen LogP contribution in [0.2, 0.25) is 10.0 Å². The first-order valence-electron chi connectivity index (χ1n) is 7.98. The van der Waals surface area contributed by atoms with Crippen molar-refractivity contribution in [3.05, 3.63) is 60.4 Å². The molecule has 3 rings (SSSR count). The number of hydrogen-bond donors (Lipinski definition) is 2. The Balaban J connectivity index is 1.89. The first-order chi connectivity index (χ1) is 11.8. The van der Waals surface area contributed by atoms with E-state index in [-0.39, 0.29) is 17.6 Å². The van der Waals surface area contributed by atoms with Gasteiger partial charge >= 0.3 is 0 Å². The van der Waals surface area contributed by atoms with Gasteiger partial charge in [0.1, 0.15) is 10.7 Å². The lowest BCUT2D eigenvalue weighted by Gasteiger charge is -2.20. The van der Waals surface area contributed by atoms with Crippen molar-refractivity contribution >= 4 is 44.8 Å². The number of thiophene rings is 1. The molecule has 1 aromatic carbocycles. The number of halogens is 2. The number of aromatic nitrogens is 2. The van der Waals surface area contributed by atoms with E-state index in [9.17, 15) is 4.79 Å². The number of fused-ring (bicyclic) bond motifs is 1. The highest BCUT2D eigenvalue weighted by atomic mass is 35.5. The van der Waals surface area contributed by atoms with Crippen LogP contribution in [0.1, 0.15) is 47.8 Å². The van der Waals surface area contributed by atoms with Crippen LogP contribution in [0.3, 0.4) is 0 Å². The second-order valence-corrected chi connectivity index (χ2v) is 8.24. The fraction of sp³-hybridized carbons (Fsp3) is 0.333. The average Bonchev–Trinajstić information content (AvgIpc) is 2.82. The van der Waals surface area contributed by atoms with Crippen molar-refractivity contribution in [2.75, 3.05) is 0 Å². The van der Waals surface area contributed by atoms with E-state index in [4.69, 9.17) is 23.2 Å². The van der Waals surface area contributed by atoms with Crippen LogP contribution in [0.25, 0.3) is 10.2 Å². The SMILES string of the molecule is Cc1sc2nc(C(C)NC(C)c3ccc(Cl)cc3Cl)[nH]c(=O)c2c1C. The maximum atomic E-state index is 12.4. The minimum atomic E-state index is -0.137. The molecule has 132 valence electrons. The maximum Gasteiger partial charge on any atom is 0.259 e.